The zero-order valence-corrected chi connectivity index (χ0v) is 17.5. The average molecular weight is 402 g/mol. The summed E-state index contributed by atoms with van der Waals surface area (Å²) >= 11 is 0. The van der Waals surface area contributed by atoms with E-state index < -0.39 is 0 Å². The van der Waals surface area contributed by atoms with Crippen molar-refractivity contribution < 1.29 is 18.9 Å². The molecule has 1 aromatic heterocycles. The maximum Gasteiger partial charge on any atom is 0.218 e. The predicted octanol–water partition coefficient (Wildman–Crippen LogP) is 2.38. The van der Waals surface area contributed by atoms with Crippen LogP contribution in [0.4, 0.5) is 0 Å². The van der Waals surface area contributed by atoms with E-state index in [1.807, 2.05) is 37.3 Å². The lowest BCUT2D eigenvalue weighted by Crippen LogP contribution is -2.36. The fourth-order valence-corrected chi connectivity index (χ4v) is 2.58. The van der Waals surface area contributed by atoms with Gasteiger partial charge in [-0.3, -0.25) is 0 Å². The number of pyridine rings is 1. The van der Waals surface area contributed by atoms with Gasteiger partial charge in [-0.15, -0.1) is 0 Å². The molecule has 0 atom stereocenters. The molecule has 0 radical (unpaired) electrons. The summed E-state index contributed by atoms with van der Waals surface area (Å²) in [4.78, 5) is 8.95. The van der Waals surface area contributed by atoms with Gasteiger partial charge >= 0.3 is 0 Å². The van der Waals surface area contributed by atoms with Crippen LogP contribution < -0.4 is 24.8 Å². The molecule has 0 spiro atoms. The number of hydrogen-bond acceptors (Lipinski definition) is 6. The first kappa shape index (κ1) is 22.3. The van der Waals surface area contributed by atoms with Gasteiger partial charge in [0.1, 0.15) is 6.61 Å². The average Bonchev–Trinajstić information content (AvgIpc) is 2.76. The van der Waals surface area contributed by atoms with Crippen molar-refractivity contribution in [2.24, 2.45) is 4.99 Å². The van der Waals surface area contributed by atoms with E-state index in [0.717, 1.165) is 17.7 Å². The van der Waals surface area contributed by atoms with E-state index in [0.29, 0.717) is 49.6 Å². The van der Waals surface area contributed by atoms with Gasteiger partial charge in [0, 0.05) is 32.0 Å². The lowest BCUT2D eigenvalue weighted by Gasteiger charge is -2.14. The number of methoxy groups -OCH3 is 3. The summed E-state index contributed by atoms with van der Waals surface area (Å²) in [5, 5.41) is 6.57. The summed E-state index contributed by atoms with van der Waals surface area (Å²) in [6.45, 7) is 4.78. The normalized spacial score (nSPS) is 11.1. The molecule has 0 unspecified atom stereocenters. The molecule has 0 saturated carbocycles. The second-order valence-electron chi connectivity index (χ2n) is 6.05. The molecule has 158 valence electrons. The summed E-state index contributed by atoms with van der Waals surface area (Å²) in [7, 11) is 4.88. The maximum atomic E-state index is 5.68. The standard InChI is InChI=1S/C21H30N4O4/c1-5-22-21(24-14-16-8-9-18(27-3)19(13-16)28-4)25-15-17-7-6-10-23-20(17)29-12-11-26-2/h6-10,13H,5,11-12,14-15H2,1-4H3,(H2,22,24,25). The van der Waals surface area contributed by atoms with Crippen molar-refractivity contribution in [2.75, 3.05) is 41.1 Å². The Morgan fingerprint density at radius 1 is 1.03 bits per heavy atom. The summed E-state index contributed by atoms with van der Waals surface area (Å²) in [6.07, 6.45) is 1.71. The van der Waals surface area contributed by atoms with E-state index in [-0.39, 0.29) is 0 Å². The lowest BCUT2D eigenvalue weighted by atomic mass is 10.2. The Kier molecular flexibility index (Phi) is 9.57. The molecule has 8 nitrogen and oxygen atoms in total. The highest BCUT2D eigenvalue weighted by atomic mass is 16.5. The SMILES string of the molecule is CCNC(=NCc1ccc(OC)c(OC)c1)NCc1cccnc1OCCOC. The van der Waals surface area contributed by atoms with Gasteiger partial charge in [0.05, 0.1) is 27.4 Å². The van der Waals surface area contributed by atoms with Crippen LogP contribution in [0.5, 0.6) is 17.4 Å². The van der Waals surface area contributed by atoms with Crippen molar-refractivity contribution in [1.29, 1.82) is 0 Å². The highest BCUT2D eigenvalue weighted by Gasteiger charge is 2.07. The number of rotatable bonds is 11. The summed E-state index contributed by atoms with van der Waals surface area (Å²) in [5.74, 6) is 2.68. The van der Waals surface area contributed by atoms with E-state index in [9.17, 15) is 0 Å². The number of hydrogen-bond donors (Lipinski definition) is 2. The zero-order chi connectivity index (χ0) is 20.9. The van der Waals surface area contributed by atoms with Crippen molar-refractivity contribution in [3.05, 3.63) is 47.7 Å². The minimum Gasteiger partial charge on any atom is -0.493 e. The number of aliphatic imine (C=N–C) groups is 1. The molecule has 1 aromatic carbocycles. The van der Waals surface area contributed by atoms with E-state index in [1.165, 1.54) is 0 Å². The molecule has 2 N–H and O–H groups in total. The molecule has 0 aliphatic rings. The highest BCUT2D eigenvalue weighted by Crippen LogP contribution is 2.27. The van der Waals surface area contributed by atoms with E-state index in [4.69, 9.17) is 18.9 Å². The third-order valence-electron chi connectivity index (χ3n) is 4.03. The monoisotopic (exact) mass is 402 g/mol. The van der Waals surface area contributed by atoms with Crippen LogP contribution in [0.15, 0.2) is 41.5 Å². The smallest absolute Gasteiger partial charge is 0.218 e. The third kappa shape index (κ3) is 7.15. The Hall–Kier alpha value is -3.00. The molecular weight excluding hydrogens is 372 g/mol. The van der Waals surface area contributed by atoms with Gasteiger partial charge < -0.3 is 29.6 Å². The largest absolute Gasteiger partial charge is 0.493 e. The van der Waals surface area contributed by atoms with Crippen LogP contribution in [0, 0.1) is 0 Å². The van der Waals surface area contributed by atoms with E-state index in [2.05, 4.69) is 20.6 Å². The van der Waals surface area contributed by atoms with Crippen LogP contribution in [-0.4, -0.2) is 52.0 Å². The molecule has 0 amide bonds. The predicted molar refractivity (Wildman–Crippen MR) is 113 cm³/mol. The number of ether oxygens (including phenoxy) is 4. The second kappa shape index (κ2) is 12.5. The van der Waals surface area contributed by atoms with Gasteiger partial charge in [-0.2, -0.15) is 0 Å². The first-order chi connectivity index (χ1) is 14.2. The summed E-state index contributed by atoms with van der Waals surface area (Å²) in [5.41, 5.74) is 1.96. The van der Waals surface area contributed by atoms with Gasteiger partial charge in [0.15, 0.2) is 17.5 Å². The Morgan fingerprint density at radius 2 is 1.86 bits per heavy atom. The lowest BCUT2D eigenvalue weighted by molar-refractivity contribution is 0.143. The minimum absolute atomic E-state index is 0.452. The van der Waals surface area contributed by atoms with Crippen LogP contribution >= 0.6 is 0 Å². The van der Waals surface area contributed by atoms with Crippen LogP contribution in [0.2, 0.25) is 0 Å². The van der Waals surface area contributed by atoms with Crippen molar-refractivity contribution in [3.8, 4) is 17.4 Å². The third-order valence-corrected chi connectivity index (χ3v) is 4.03. The van der Waals surface area contributed by atoms with Crippen LogP contribution in [0.25, 0.3) is 0 Å². The second-order valence-corrected chi connectivity index (χ2v) is 6.05. The molecule has 2 aromatic rings. The molecule has 0 aliphatic carbocycles. The van der Waals surface area contributed by atoms with Gasteiger partial charge in [-0.25, -0.2) is 9.98 Å². The Morgan fingerprint density at radius 3 is 2.59 bits per heavy atom. The first-order valence-electron chi connectivity index (χ1n) is 9.50. The van der Waals surface area contributed by atoms with Gasteiger partial charge in [0.25, 0.3) is 0 Å². The van der Waals surface area contributed by atoms with Crippen molar-refractivity contribution in [2.45, 2.75) is 20.0 Å². The van der Waals surface area contributed by atoms with Gasteiger partial charge in [-0.05, 0) is 30.7 Å². The van der Waals surface area contributed by atoms with Crippen molar-refractivity contribution in [3.63, 3.8) is 0 Å². The quantitative estimate of drug-likeness (QED) is 0.339. The van der Waals surface area contributed by atoms with Crippen LogP contribution in [0.1, 0.15) is 18.1 Å². The summed E-state index contributed by atoms with van der Waals surface area (Å²) in [6, 6.07) is 9.63. The molecule has 8 heteroatoms. The first-order valence-corrected chi connectivity index (χ1v) is 9.50. The number of aromatic nitrogens is 1. The fraction of sp³-hybridized carbons (Fsp3) is 0.429. The number of nitrogens with zero attached hydrogens (tertiary/aromatic N) is 2. The molecular formula is C21H30N4O4. The number of guanidine groups is 1. The van der Waals surface area contributed by atoms with Crippen molar-refractivity contribution >= 4 is 5.96 Å². The maximum absolute atomic E-state index is 5.68. The van der Waals surface area contributed by atoms with Crippen LogP contribution in [0.3, 0.4) is 0 Å². The molecule has 0 saturated heterocycles. The van der Waals surface area contributed by atoms with E-state index in [1.54, 1.807) is 27.5 Å². The molecule has 29 heavy (non-hydrogen) atoms. The van der Waals surface area contributed by atoms with Gasteiger partial charge in [0.2, 0.25) is 5.88 Å². The van der Waals surface area contributed by atoms with Crippen molar-refractivity contribution in [1.82, 2.24) is 15.6 Å². The van der Waals surface area contributed by atoms with E-state index >= 15 is 0 Å². The fourth-order valence-electron chi connectivity index (χ4n) is 2.58. The minimum atomic E-state index is 0.452. The Bertz CT molecular complexity index is 783. The molecule has 1 heterocycles. The molecule has 0 fully saturated rings. The van der Waals surface area contributed by atoms with Crippen LogP contribution in [-0.2, 0) is 17.8 Å². The highest BCUT2D eigenvalue weighted by molar-refractivity contribution is 5.79. The Labute approximate surface area is 172 Å². The molecule has 2 rings (SSSR count). The Balaban J connectivity index is 2.03. The number of benzene rings is 1. The van der Waals surface area contributed by atoms with Gasteiger partial charge in [-0.1, -0.05) is 12.1 Å². The zero-order valence-electron chi connectivity index (χ0n) is 17.5. The number of nitrogens with one attached hydrogen (secondary N) is 2. The topological polar surface area (TPSA) is 86.2 Å². The summed E-state index contributed by atoms with van der Waals surface area (Å²) < 4.78 is 21.3. The molecule has 0 aliphatic heterocycles. The molecule has 0 bridgehead atoms.